The molecule has 1 heterocycles. The average Bonchev–Trinajstić information content (AvgIpc) is 2.73. The number of hydrogen-bond acceptors (Lipinski definition) is 6. The number of carboxylic acid groups (broad SMARTS) is 1. The number of aromatic nitrogens is 2. The molecule has 2 aromatic carbocycles. The molecule has 3 aromatic rings. The first-order valence-corrected chi connectivity index (χ1v) is 10.7. The third kappa shape index (κ3) is 5.87. The van der Waals surface area contributed by atoms with Crippen molar-refractivity contribution < 1.29 is 24.5 Å². The van der Waals surface area contributed by atoms with E-state index in [4.69, 9.17) is 21.4 Å². The monoisotopic (exact) mass is 468 g/mol. The van der Waals surface area contributed by atoms with Gasteiger partial charge in [0.05, 0.1) is 39.9 Å². The molecule has 0 radical (unpaired) electrons. The number of carbonyl (C=O) groups is 2. The van der Waals surface area contributed by atoms with Crippen LogP contribution >= 0.6 is 11.6 Å². The molecule has 33 heavy (non-hydrogen) atoms. The van der Waals surface area contributed by atoms with Gasteiger partial charge in [-0.25, -0.2) is 4.79 Å². The second kappa shape index (κ2) is 9.58. The van der Waals surface area contributed by atoms with Crippen molar-refractivity contribution in [1.82, 2.24) is 9.97 Å². The summed E-state index contributed by atoms with van der Waals surface area (Å²) in [7, 11) is 0. The van der Waals surface area contributed by atoms with Crippen molar-refractivity contribution in [3.63, 3.8) is 0 Å². The Morgan fingerprint density at radius 3 is 2.33 bits per heavy atom. The van der Waals surface area contributed by atoms with Crippen molar-refractivity contribution in [2.75, 3.05) is 0 Å². The van der Waals surface area contributed by atoms with Crippen molar-refractivity contribution in [2.45, 2.75) is 40.7 Å². The van der Waals surface area contributed by atoms with Crippen LogP contribution in [-0.2, 0) is 6.61 Å². The van der Waals surface area contributed by atoms with Gasteiger partial charge in [0.15, 0.2) is 5.78 Å². The van der Waals surface area contributed by atoms with Crippen molar-refractivity contribution in [3.05, 3.63) is 70.1 Å². The van der Waals surface area contributed by atoms with Crippen LogP contribution in [0.25, 0.3) is 11.3 Å². The summed E-state index contributed by atoms with van der Waals surface area (Å²) in [6.07, 6.45) is 3.42. The van der Waals surface area contributed by atoms with Crippen molar-refractivity contribution in [1.29, 1.82) is 0 Å². The van der Waals surface area contributed by atoms with E-state index in [2.05, 4.69) is 9.97 Å². The van der Waals surface area contributed by atoms with Gasteiger partial charge >= 0.3 is 5.97 Å². The molecular weight excluding hydrogens is 444 g/mol. The number of aromatic hydroxyl groups is 1. The number of aromatic carboxylic acids is 1. The fourth-order valence-electron chi connectivity index (χ4n) is 3.22. The highest BCUT2D eigenvalue weighted by atomic mass is 35.5. The number of carbonyl (C=O) groups excluding carboxylic acids is 1. The highest BCUT2D eigenvalue weighted by Crippen LogP contribution is 2.33. The van der Waals surface area contributed by atoms with E-state index in [1.54, 1.807) is 37.5 Å². The molecule has 7 nitrogen and oxygen atoms in total. The number of Topliss-reactive ketones (excluding diaryl/α,β-unsaturated/α-hetero) is 1. The Morgan fingerprint density at radius 2 is 1.76 bits per heavy atom. The number of phenols is 1. The van der Waals surface area contributed by atoms with E-state index in [0.29, 0.717) is 34.7 Å². The topological polar surface area (TPSA) is 110 Å². The molecule has 2 N–H and O–H groups in total. The maximum atomic E-state index is 12.5. The summed E-state index contributed by atoms with van der Waals surface area (Å²) in [4.78, 5) is 32.3. The zero-order chi connectivity index (χ0) is 24.3. The van der Waals surface area contributed by atoms with E-state index in [1.807, 2.05) is 20.8 Å². The van der Waals surface area contributed by atoms with Crippen LogP contribution < -0.4 is 4.74 Å². The zero-order valence-corrected chi connectivity index (χ0v) is 19.6. The standard InChI is InChI=1S/C25H25ClN2O5/c1-14-22(8-7-18(23(14)30)21(29)10-25(2,3)4)33-13-16-11-28-20(12-27-16)15-5-6-17(24(31)32)19(26)9-15/h5-9,11-12,30H,10,13H2,1-4H3,(H,31,32). The van der Waals surface area contributed by atoms with E-state index in [-0.39, 0.29) is 39.7 Å². The van der Waals surface area contributed by atoms with E-state index < -0.39 is 5.97 Å². The smallest absolute Gasteiger partial charge is 0.337 e. The molecule has 0 saturated carbocycles. The number of hydrogen-bond donors (Lipinski definition) is 2. The molecule has 3 rings (SSSR count). The van der Waals surface area contributed by atoms with E-state index in [0.717, 1.165) is 0 Å². The first-order chi connectivity index (χ1) is 15.5. The van der Waals surface area contributed by atoms with Gasteiger partial charge in [-0.3, -0.25) is 14.8 Å². The lowest BCUT2D eigenvalue weighted by atomic mass is 9.87. The highest BCUT2D eigenvalue weighted by Gasteiger charge is 2.21. The molecule has 0 aliphatic heterocycles. The van der Waals surface area contributed by atoms with Crippen LogP contribution in [-0.4, -0.2) is 31.9 Å². The van der Waals surface area contributed by atoms with Gasteiger partial charge in [0.2, 0.25) is 0 Å². The van der Waals surface area contributed by atoms with Gasteiger partial charge in [-0.15, -0.1) is 0 Å². The Hall–Kier alpha value is -3.45. The molecule has 0 amide bonds. The zero-order valence-electron chi connectivity index (χ0n) is 18.8. The number of ether oxygens (including phenoxy) is 1. The van der Waals surface area contributed by atoms with Crippen molar-refractivity contribution >= 4 is 23.4 Å². The molecule has 0 saturated heterocycles. The maximum Gasteiger partial charge on any atom is 0.337 e. The Kier molecular flexibility index (Phi) is 7.03. The van der Waals surface area contributed by atoms with Crippen LogP contribution in [0.15, 0.2) is 42.7 Å². The lowest BCUT2D eigenvalue weighted by Gasteiger charge is -2.18. The first-order valence-electron chi connectivity index (χ1n) is 10.3. The quantitative estimate of drug-likeness (QED) is 0.427. The third-order valence-corrected chi connectivity index (χ3v) is 5.26. The second-order valence-corrected chi connectivity index (χ2v) is 9.33. The minimum absolute atomic E-state index is 0.0168. The van der Waals surface area contributed by atoms with Crippen LogP contribution in [0.5, 0.6) is 11.5 Å². The van der Waals surface area contributed by atoms with E-state index in [9.17, 15) is 14.7 Å². The molecule has 0 aliphatic rings. The summed E-state index contributed by atoms with van der Waals surface area (Å²) < 4.78 is 5.79. The summed E-state index contributed by atoms with van der Waals surface area (Å²) in [6.45, 7) is 7.72. The van der Waals surface area contributed by atoms with Gasteiger partial charge in [0.25, 0.3) is 0 Å². The van der Waals surface area contributed by atoms with Gasteiger partial charge < -0.3 is 14.9 Å². The molecule has 8 heteroatoms. The van der Waals surface area contributed by atoms with Crippen LogP contribution in [0, 0.1) is 12.3 Å². The van der Waals surface area contributed by atoms with E-state index in [1.165, 1.54) is 12.1 Å². The molecule has 172 valence electrons. The average molecular weight is 469 g/mol. The van der Waals surface area contributed by atoms with Crippen LogP contribution in [0.1, 0.15) is 59.2 Å². The number of phenolic OH excluding ortho intramolecular Hbond substituents is 1. The molecule has 0 fully saturated rings. The van der Waals surface area contributed by atoms with Crippen LogP contribution in [0.2, 0.25) is 5.02 Å². The van der Waals surface area contributed by atoms with Gasteiger partial charge in [0, 0.05) is 17.5 Å². The minimum atomic E-state index is -1.10. The van der Waals surface area contributed by atoms with Crippen molar-refractivity contribution in [3.8, 4) is 22.8 Å². The van der Waals surface area contributed by atoms with Crippen LogP contribution in [0.3, 0.4) is 0 Å². The molecule has 0 atom stereocenters. The van der Waals surface area contributed by atoms with Gasteiger partial charge in [-0.05, 0) is 36.6 Å². The van der Waals surface area contributed by atoms with Gasteiger partial charge in [0.1, 0.15) is 18.1 Å². The fraction of sp³-hybridized carbons (Fsp3) is 0.280. The number of benzene rings is 2. The summed E-state index contributed by atoms with van der Waals surface area (Å²) in [5.41, 5.74) is 2.33. The second-order valence-electron chi connectivity index (χ2n) is 8.93. The lowest BCUT2D eigenvalue weighted by molar-refractivity contribution is 0.0696. The fourth-order valence-corrected chi connectivity index (χ4v) is 3.48. The first kappa shape index (κ1) is 24.2. The Morgan fingerprint density at radius 1 is 1.06 bits per heavy atom. The summed E-state index contributed by atoms with van der Waals surface area (Å²) in [5.74, 6) is -0.850. The summed E-state index contributed by atoms with van der Waals surface area (Å²) in [6, 6.07) is 7.80. The highest BCUT2D eigenvalue weighted by molar-refractivity contribution is 6.33. The van der Waals surface area contributed by atoms with E-state index >= 15 is 0 Å². The molecular formula is C25H25ClN2O5. The molecule has 0 bridgehead atoms. The predicted octanol–water partition coefficient (Wildman–Crippen LogP) is 5.71. The Bertz CT molecular complexity index is 1200. The van der Waals surface area contributed by atoms with Crippen molar-refractivity contribution in [2.24, 2.45) is 5.41 Å². The molecule has 0 aliphatic carbocycles. The molecule has 0 unspecified atom stereocenters. The minimum Gasteiger partial charge on any atom is -0.507 e. The number of nitrogens with zero attached hydrogens (tertiary/aromatic N) is 2. The molecule has 0 spiro atoms. The summed E-state index contributed by atoms with van der Waals surface area (Å²) in [5, 5.41) is 19.7. The number of ketones is 1. The third-order valence-electron chi connectivity index (χ3n) is 4.95. The lowest BCUT2D eigenvalue weighted by Crippen LogP contribution is -2.13. The van der Waals surface area contributed by atoms with Crippen LogP contribution in [0.4, 0.5) is 0 Å². The SMILES string of the molecule is Cc1c(OCc2cnc(-c3ccc(C(=O)O)c(Cl)c3)cn2)ccc(C(=O)CC(C)(C)C)c1O. The largest absolute Gasteiger partial charge is 0.507 e. The maximum absolute atomic E-state index is 12.5. The van der Waals surface area contributed by atoms with Gasteiger partial charge in [-0.2, -0.15) is 0 Å². The normalized spacial score (nSPS) is 11.3. The summed E-state index contributed by atoms with van der Waals surface area (Å²) >= 11 is 6.02. The number of rotatable bonds is 7. The number of halogens is 1. The van der Waals surface area contributed by atoms with Gasteiger partial charge in [-0.1, -0.05) is 38.4 Å². The molecule has 1 aromatic heterocycles. The Balaban J connectivity index is 1.70. The Labute approximate surface area is 197 Å². The number of carboxylic acids is 1. The predicted molar refractivity (Wildman–Crippen MR) is 125 cm³/mol.